The summed E-state index contributed by atoms with van der Waals surface area (Å²) in [4.78, 5) is 0. The van der Waals surface area contributed by atoms with Gasteiger partial charge in [0.15, 0.2) is 0 Å². The van der Waals surface area contributed by atoms with Crippen molar-refractivity contribution in [3.8, 4) is 5.75 Å². The van der Waals surface area contributed by atoms with Crippen molar-refractivity contribution in [3.05, 3.63) is 26.6 Å². The molecular formula is C15H17Br3O. The minimum absolute atomic E-state index is 0.772. The molecule has 2 fully saturated rings. The molecule has 4 heteroatoms. The third-order valence-electron chi connectivity index (χ3n) is 4.54. The lowest BCUT2D eigenvalue weighted by Crippen LogP contribution is -2.18. The van der Waals surface area contributed by atoms with Crippen LogP contribution in [0.25, 0.3) is 0 Å². The van der Waals surface area contributed by atoms with Crippen molar-refractivity contribution in [1.29, 1.82) is 0 Å². The van der Waals surface area contributed by atoms with Gasteiger partial charge >= 0.3 is 0 Å². The lowest BCUT2D eigenvalue weighted by Gasteiger charge is -2.22. The molecule has 0 spiro atoms. The van der Waals surface area contributed by atoms with Crippen LogP contribution in [0.15, 0.2) is 21.1 Å². The predicted molar refractivity (Wildman–Crippen MR) is 88.9 cm³/mol. The third kappa shape index (κ3) is 3.06. The van der Waals surface area contributed by atoms with E-state index < -0.39 is 0 Å². The zero-order valence-corrected chi connectivity index (χ0v) is 15.4. The van der Waals surface area contributed by atoms with Crippen LogP contribution in [0.1, 0.15) is 31.2 Å². The highest BCUT2D eigenvalue weighted by Crippen LogP contribution is 2.48. The van der Waals surface area contributed by atoms with Gasteiger partial charge in [-0.25, -0.2) is 0 Å². The van der Waals surface area contributed by atoms with Gasteiger partial charge in [0.25, 0.3) is 0 Å². The van der Waals surface area contributed by atoms with Crippen LogP contribution in [-0.4, -0.2) is 6.61 Å². The van der Waals surface area contributed by atoms with Crippen molar-refractivity contribution >= 4 is 47.8 Å². The van der Waals surface area contributed by atoms with Crippen LogP contribution in [0, 0.1) is 17.8 Å². The molecule has 0 aromatic heterocycles. The Labute approximate surface area is 139 Å². The third-order valence-corrected chi connectivity index (χ3v) is 6.36. The van der Waals surface area contributed by atoms with E-state index in [2.05, 4.69) is 59.9 Å². The average Bonchev–Trinajstić information content (AvgIpc) is 2.99. The molecule has 0 saturated heterocycles. The molecule has 2 saturated carbocycles. The summed E-state index contributed by atoms with van der Waals surface area (Å²) in [6.45, 7) is 0.867. The normalized spacial score (nSPS) is 28.9. The standard InChI is InChI=1S/C15H17Br3O/c16-7-10-5-13(17)15(14(18)6-10)19-8-12-4-9-1-2-11(12)3-9/h5-6,9,11-12H,1-4,7-8H2. The van der Waals surface area contributed by atoms with Gasteiger partial charge in [0.2, 0.25) is 0 Å². The summed E-state index contributed by atoms with van der Waals surface area (Å²) < 4.78 is 8.18. The Hall–Kier alpha value is 0.460. The number of hydrogen-bond acceptors (Lipinski definition) is 1. The fraction of sp³-hybridized carbons (Fsp3) is 0.600. The van der Waals surface area contributed by atoms with Crippen LogP contribution < -0.4 is 4.74 Å². The fourth-order valence-corrected chi connectivity index (χ4v) is 5.43. The summed E-state index contributed by atoms with van der Waals surface area (Å²) in [5, 5.41) is 0.858. The average molecular weight is 453 g/mol. The van der Waals surface area contributed by atoms with Gasteiger partial charge in [0.1, 0.15) is 5.75 Å². The van der Waals surface area contributed by atoms with Gasteiger partial charge in [-0.2, -0.15) is 0 Å². The Morgan fingerprint density at radius 3 is 2.37 bits per heavy atom. The summed E-state index contributed by atoms with van der Waals surface area (Å²) in [5.41, 5.74) is 1.24. The molecule has 3 unspecified atom stereocenters. The maximum Gasteiger partial charge on any atom is 0.147 e. The van der Waals surface area contributed by atoms with Crippen LogP contribution in [0.3, 0.4) is 0 Å². The number of fused-ring (bicyclic) bond motifs is 2. The van der Waals surface area contributed by atoms with E-state index in [9.17, 15) is 0 Å². The lowest BCUT2D eigenvalue weighted by molar-refractivity contribution is 0.193. The van der Waals surface area contributed by atoms with Gasteiger partial charge in [-0.1, -0.05) is 22.4 Å². The van der Waals surface area contributed by atoms with Gasteiger partial charge in [-0.15, -0.1) is 0 Å². The van der Waals surface area contributed by atoms with Crippen molar-refractivity contribution in [2.45, 2.75) is 31.0 Å². The molecule has 0 aliphatic heterocycles. The highest BCUT2D eigenvalue weighted by Gasteiger charge is 2.39. The van der Waals surface area contributed by atoms with Gasteiger partial charge in [0, 0.05) is 5.33 Å². The van der Waals surface area contributed by atoms with Crippen molar-refractivity contribution in [2.75, 3.05) is 6.61 Å². The van der Waals surface area contributed by atoms with Gasteiger partial charge in [0.05, 0.1) is 15.6 Å². The van der Waals surface area contributed by atoms with E-state index in [1.807, 2.05) is 0 Å². The van der Waals surface area contributed by atoms with Crippen molar-refractivity contribution in [3.63, 3.8) is 0 Å². The maximum atomic E-state index is 6.09. The van der Waals surface area contributed by atoms with E-state index >= 15 is 0 Å². The van der Waals surface area contributed by atoms with Gasteiger partial charge in [-0.3, -0.25) is 0 Å². The van der Waals surface area contributed by atoms with Gasteiger partial charge in [-0.05, 0) is 86.6 Å². The summed E-state index contributed by atoms with van der Waals surface area (Å²) in [6, 6.07) is 4.24. The molecule has 3 rings (SSSR count). The molecule has 1 aromatic carbocycles. The van der Waals surface area contributed by atoms with E-state index in [4.69, 9.17) is 4.74 Å². The molecule has 19 heavy (non-hydrogen) atoms. The van der Waals surface area contributed by atoms with Crippen molar-refractivity contribution in [2.24, 2.45) is 17.8 Å². The molecule has 3 atom stereocenters. The molecule has 0 radical (unpaired) electrons. The predicted octanol–water partition coefficient (Wildman–Crippen LogP) is 5.92. The van der Waals surface area contributed by atoms with E-state index in [1.165, 1.54) is 31.2 Å². The van der Waals surface area contributed by atoms with Crippen LogP contribution in [0.5, 0.6) is 5.75 Å². The number of halogens is 3. The Kier molecular flexibility index (Phi) is 4.60. The summed E-state index contributed by atoms with van der Waals surface area (Å²) in [7, 11) is 0. The van der Waals surface area contributed by atoms with Crippen molar-refractivity contribution in [1.82, 2.24) is 0 Å². The molecule has 2 aliphatic rings. The highest BCUT2D eigenvalue weighted by molar-refractivity contribution is 9.11. The molecule has 2 bridgehead atoms. The van der Waals surface area contributed by atoms with Crippen LogP contribution in [0.2, 0.25) is 0 Å². The molecule has 1 aromatic rings. The molecule has 2 aliphatic carbocycles. The second kappa shape index (κ2) is 6.07. The first-order chi connectivity index (χ1) is 9.17. The SMILES string of the molecule is BrCc1cc(Br)c(OCC2CC3CCC2C3)c(Br)c1. The van der Waals surface area contributed by atoms with E-state index in [-0.39, 0.29) is 0 Å². The zero-order valence-electron chi connectivity index (χ0n) is 10.7. The van der Waals surface area contributed by atoms with Crippen LogP contribution >= 0.6 is 47.8 Å². The minimum atomic E-state index is 0.772. The summed E-state index contributed by atoms with van der Waals surface area (Å²) in [5.74, 6) is 3.63. The smallest absolute Gasteiger partial charge is 0.147 e. The van der Waals surface area contributed by atoms with Crippen molar-refractivity contribution < 1.29 is 4.74 Å². The summed E-state index contributed by atoms with van der Waals surface area (Å²) >= 11 is 10.7. The first kappa shape index (κ1) is 14.4. The maximum absolute atomic E-state index is 6.09. The first-order valence-corrected chi connectivity index (χ1v) is 9.54. The second-order valence-corrected chi connectivity index (χ2v) is 8.04. The summed E-state index contributed by atoms with van der Waals surface area (Å²) in [6.07, 6.45) is 5.69. The largest absolute Gasteiger partial charge is 0.491 e. The number of rotatable bonds is 4. The Morgan fingerprint density at radius 2 is 1.84 bits per heavy atom. The number of hydrogen-bond donors (Lipinski definition) is 0. The molecule has 0 N–H and O–H groups in total. The molecular weight excluding hydrogens is 436 g/mol. The molecule has 0 heterocycles. The Morgan fingerprint density at radius 1 is 1.11 bits per heavy atom. The number of alkyl halides is 1. The lowest BCUT2D eigenvalue weighted by atomic mass is 9.89. The van der Waals surface area contributed by atoms with E-state index in [0.717, 1.165) is 44.4 Å². The van der Waals surface area contributed by atoms with Crippen LogP contribution in [-0.2, 0) is 5.33 Å². The monoisotopic (exact) mass is 450 g/mol. The first-order valence-electron chi connectivity index (χ1n) is 6.84. The second-order valence-electron chi connectivity index (χ2n) is 5.77. The quantitative estimate of drug-likeness (QED) is 0.515. The molecule has 104 valence electrons. The molecule has 0 amide bonds. The fourth-order valence-electron chi connectivity index (χ4n) is 3.60. The Bertz CT molecular complexity index is 451. The highest BCUT2D eigenvalue weighted by atomic mass is 79.9. The number of benzene rings is 1. The van der Waals surface area contributed by atoms with E-state index in [1.54, 1.807) is 0 Å². The minimum Gasteiger partial charge on any atom is -0.491 e. The van der Waals surface area contributed by atoms with Crippen LogP contribution in [0.4, 0.5) is 0 Å². The zero-order chi connectivity index (χ0) is 13.4. The topological polar surface area (TPSA) is 9.23 Å². The van der Waals surface area contributed by atoms with E-state index in [0.29, 0.717) is 0 Å². The van der Waals surface area contributed by atoms with Gasteiger partial charge < -0.3 is 4.74 Å². The molecule has 1 nitrogen and oxygen atoms in total. The number of ether oxygens (including phenoxy) is 1. The Balaban J connectivity index is 1.67.